The van der Waals surface area contributed by atoms with Crippen LogP contribution in [0.4, 0.5) is 0 Å². The van der Waals surface area contributed by atoms with Gasteiger partial charge in [0.05, 0.1) is 12.7 Å². The Morgan fingerprint density at radius 1 is 1.35 bits per heavy atom. The summed E-state index contributed by atoms with van der Waals surface area (Å²) in [5, 5.41) is 10.3. The van der Waals surface area contributed by atoms with E-state index in [1.165, 1.54) is 5.56 Å². The van der Waals surface area contributed by atoms with Crippen LogP contribution in [0.3, 0.4) is 0 Å². The van der Waals surface area contributed by atoms with Crippen LogP contribution in [0.15, 0.2) is 18.2 Å². The molecule has 0 saturated heterocycles. The van der Waals surface area contributed by atoms with E-state index < -0.39 is 6.10 Å². The number of aryl methyl sites for hydroxylation is 1. The van der Waals surface area contributed by atoms with Crippen molar-refractivity contribution in [3.63, 3.8) is 0 Å². The molecular weight excluding hydrogens is 212 g/mol. The molecule has 0 radical (unpaired) electrons. The van der Waals surface area contributed by atoms with Gasteiger partial charge in [0, 0.05) is 5.56 Å². The molecule has 1 aromatic rings. The van der Waals surface area contributed by atoms with E-state index in [-0.39, 0.29) is 5.41 Å². The number of hydrogen-bond acceptors (Lipinski definition) is 2. The highest BCUT2D eigenvalue weighted by Crippen LogP contribution is 2.37. The molecule has 1 unspecified atom stereocenters. The number of rotatable bonds is 2. The summed E-state index contributed by atoms with van der Waals surface area (Å²) < 4.78 is 5.73. The maximum Gasteiger partial charge on any atom is 0.128 e. The first-order valence-corrected chi connectivity index (χ1v) is 6.40. The molecule has 1 heterocycles. The van der Waals surface area contributed by atoms with Gasteiger partial charge < -0.3 is 9.84 Å². The molecule has 1 aromatic carbocycles. The third-order valence-corrected chi connectivity index (χ3v) is 3.13. The molecule has 1 aliphatic rings. The SMILES string of the molecule is CC(C)(C)CC(O)c1cccc2c1OCCC2. The van der Waals surface area contributed by atoms with E-state index in [9.17, 15) is 5.11 Å². The summed E-state index contributed by atoms with van der Waals surface area (Å²) in [4.78, 5) is 0. The van der Waals surface area contributed by atoms with Gasteiger partial charge >= 0.3 is 0 Å². The van der Waals surface area contributed by atoms with Crippen LogP contribution in [0.5, 0.6) is 5.75 Å². The lowest BCUT2D eigenvalue weighted by molar-refractivity contribution is 0.117. The molecule has 2 nitrogen and oxygen atoms in total. The molecule has 2 heteroatoms. The summed E-state index contributed by atoms with van der Waals surface area (Å²) in [7, 11) is 0. The fourth-order valence-electron chi connectivity index (χ4n) is 2.37. The van der Waals surface area contributed by atoms with Gasteiger partial charge in [0.25, 0.3) is 0 Å². The van der Waals surface area contributed by atoms with Crippen molar-refractivity contribution in [3.05, 3.63) is 29.3 Å². The highest BCUT2D eigenvalue weighted by atomic mass is 16.5. The molecule has 0 aromatic heterocycles. The van der Waals surface area contributed by atoms with Gasteiger partial charge in [-0.1, -0.05) is 39.0 Å². The van der Waals surface area contributed by atoms with Crippen molar-refractivity contribution < 1.29 is 9.84 Å². The molecule has 1 atom stereocenters. The second kappa shape index (κ2) is 4.69. The fraction of sp³-hybridized carbons (Fsp3) is 0.600. The normalized spacial score (nSPS) is 17.2. The Kier molecular flexibility index (Phi) is 3.43. The van der Waals surface area contributed by atoms with Gasteiger partial charge in [-0.05, 0) is 30.2 Å². The molecule has 0 saturated carbocycles. The molecule has 0 amide bonds. The molecule has 94 valence electrons. The van der Waals surface area contributed by atoms with Crippen LogP contribution in [-0.4, -0.2) is 11.7 Å². The van der Waals surface area contributed by atoms with Gasteiger partial charge in [0.2, 0.25) is 0 Å². The number of ether oxygens (including phenoxy) is 1. The molecule has 0 bridgehead atoms. The van der Waals surface area contributed by atoms with Crippen LogP contribution in [0.1, 0.15) is 50.8 Å². The third-order valence-electron chi connectivity index (χ3n) is 3.13. The Balaban J connectivity index is 2.26. The first-order valence-electron chi connectivity index (χ1n) is 6.40. The van der Waals surface area contributed by atoms with Gasteiger partial charge in [-0.3, -0.25) is 0 Å². The summed E-state index contributed by atoms with van der Waals surface area (Å²) >= 11 is 0. The predicted molar refractivity (Wildman–Crippen MR) is 69.3 cm³/mol. The zero-order valence-electron chi connectivity index (χ0n) is 11.0. The maximum absolute atomic E-state index is 10.3. The number of aliphatic hydroxyl groups is 1. The predicted octanol–water partition coefficient (Wildman–Crippen LogP) is 3.48. The Morgan fingerprint density at radius 2 is 2.12 bits per heavy atom. The monoisotopic (exact) mass is 234 g/mol. The maximum atomic E-state index is 10.3. The first-order chi connectivity index (χ1) is 7.97. The molecule has 0 spiro atoms. The van der Waals surface area contributed by atoms with E-state index in [1.54, 1.807) is 0 Å². The summed E-state index contributed by atoms with van der Waals surface area (Å²) in [6, 6.07) is 6.11. The molecule has 17 heavy (non-hydrogen) atoms. The van der Waals surface area contributed by atoms with E-state index in [4.69, 9.17) is 4.74 Å². The van der Waals surface area contributed by atoms with Gasteiger partial charge in [-0.2, -0.15) is 0 Å². The zero-order valence-corrected chi connectivity index (χ0v) is 11.0. The minimum Gasteiger partial charge on any atom is -0.493 e. The Morgan fingerprint density at radius 3 is 2.82 bits per heavy atom. The Hall–Kier alpha value is -1.02. The Labute approximate surface area is 104 Å². The highest BCUT2D eigenvalue weighted by molar-refractivity contribution is 5.44. The summed E-state index contributed by atoms with van der Waals surface area (Å²) in [6.45, 7) is 7.21. The van der Waals surface area contributed by atoms with E-state index in [2.05, 4.69) is 26.8 Å². The smallest absolute Gasteiger partial charge is 0.128 e. The second-order valence-electron chi connectivity index (χ2n) is 6.07. The van der Waals surface area contributed by atoms with Crippen LogP contribution in [-0.2, 0) is 6.42 Å². The summed E-state index contributed by atoms with van der Waals surface area (Å²) in [5.41, 5.74) is 2.32. The van der Waals surface area contributed by atoms with Gasteiger partial charge in [-0.15, -0.1) is 0 Å². The second-order valence-corrected chi connectivity index (χ2v) is 6.07. The minimum absolute atomic E-state index is 0.122. The number of aliphatic hydroxyl groups excluding tert-OH is 1. The lowest BCUT2D eigenvalue weighted by Crippen LogP contribution is -2.15. The quantitative estimate of drug-likeness (QED) is 0.849. The van der Waals surface area contributed by atoms with Crippen molar-refractivity contribution in [3.8, 4) is 5.75 Å². The minimum atomic E-state index is -0.428. The fourth-order valence-corrected chi connectivity index (χ4v) is 2.37. The van der Waals surface area contributed by atoms with E-state index in [0.717, 1.165) is 37.2 Å². The van der Waals surface area contributed by atoms with Gasteiger partial charge in [0.15, 0.2) is 0 Å². The van der Waals surface area contributed by atoms with Crippen LogP contribution >= 0.6 is 0 Å². The lowest BCUT2D eigenvalue weighted by Gasteiger charge is -2.26. The first kappa shape index (κ1) is 12.4. The van der Waals surface area contributed by atoms with Crippen molar-refractivity contribution in [2.75, 3.05) is 6.61 Å². The summed E-state index contributed by atoms with van der Waals surface area (Å²) in [5.74, 6) is 0.926. The molecular formula is C15H22O2. The number of benzene rings is 1. The Bertz CT molecular complexity index is 390. The van der Waals surface area contributed by atoms with Crippen LogP contribution in [0.2, 0.25) is 0 Å². The number of para-hydroxylation sites is 1. The average Bonchev–Trinajstić information content (AvgIpc) is 2.26. The van der Waals surface area contributed by atoms with Crippen molar-refractivity contribution in [2.24, 2.45) is 5.41 Å². The van der Waals surface area contributed by atoms with E-state index >= 15 is 0 Å². The van der Waals surface area contributed by atoms with Crippen molar-refractivity contribution in [2.45, 2.75) is 46.1 Å². The van der Waals surface area contributed by atoms with Crippen molar-refractivity contribution in [1.82, 2.24) is 0 Å². The van der Waals surface area contributed by atoms with Crippen molar-refractivity contribution >= 4 is 0 Å². The van der Waals surface area contributed by atoms with Crippen LogP contribution in [0.25, 0.3) is 0 Å². The van der Waals surface area contributed by atoms with Crippen LogP contribution < -0.4 is 4.74 Å². The molecule has 0 fully saturated rings. The van der Waals surface area contributed by atoms with Gasteiger partial charge in [0.1, 0.15) is 5.75 Å². The van der Waals surface area contributed by atoms with Crippen LogP contribution in [0, 0.1) is 5.41 Å². The molecule has 1 aliphatic heterocycles. The summed E-state index contributed by atoms with van der Waals surface area (Å²) in [6.07, 6.45) is 2.47. The third kappa shape index (κ3) is 3.01. The number of fused-ring (bicyclic) bond motifs is 1. The van der Waals surface area contributed by atoms with E-state index in [1.807, 2.05) is 12.1 Å². The molecule has 0 aliphatic carbocycles. The molecule has 1 N–H and O–H groups in total. The molecule has 2 rings (SSSR count). The average molecular weight is 234 g/mol. The van der Waals surface area contributed by atoms with Crippen molar-refractivity contribution in [1.29, 1.82) is 0 Å². The zero-order chi connectivity index (χ0) is 12.5. The highest BCUT2D eigenvalue weighted by Gasteiger charge is 2.23. The van der Waals surface area contributed by atoms with E-state index in [0.29, 0.717) is 0 Å². The standard InChI is InChI=1S/C15H22O2/c1-15(2,3)10-13(16)12-8-4-6-11-7-5-9-17-14(11)12/h4,6,8,13,16H,5,7,9-10H2,1-3H3. The lowest BCUT2D eigenvalue weighted by atomic mass is 9.86. The number of hydrogen-bond donors (Lipinski definition) is 1. The topological polar surface area (TPSA) is 29.5 Å². The van der Waals surface area contributed by atoms with Gasteiger partial charge in [-0.25, -0.2) is 0 Å². The largest absolute Gasteiger partial charge is 0.493 e.